The molecule has 3 rings (SSSR count). The van der Waals surface area contributed by atoms with E-state index in [1.54, 1.807) is 6.92 Å². The largest absolute Gasteiger partial charge is 0.351 e. The van der Waals surface area contributed by atoms with Gasteiger partial charge in [-0.1, -0.05) is 42.1 Å². The zero-order valence-corrected chi connectivity index (χ0v) is 19.2. The van der Waals surface area contributed by atoms with Crippen LogP contribution in [0.3, 0.4) is 0 Å². The third kappa shape index (κ3) is 6.76. The van der Waals surface area contributed by atoms with Gasteiger partial charge in [0.1, 0.15) is 0 Å². The van der Waals surface area contributed by atoms with Crippen LogP contribution in [-0.2, 0) is 19.4 Å². The van der Waals surface area contributed by atoms with Crippen molar-refractivity contribution in [3.63, 3.8) is 0 Å². The van der Waals surface area contributed by atoms with E-state index in [1.165, 1.54) is 16.7 Å². The van der Waals surface area contributed by atoms with Crippen LogP contribution in [0.5, 0.6) is 0 Å². The monoisotopic (exact) mass is 462 g/mol. The number of carbonyl (C=O) groups is 2. The standard InChI is InChI=1S/C21H26N4O4S2/c1-3-25(12-19(26)23-17-9-10-31(28,29)14-17)20(27)13-30-21-22-15(2)11-18(24-21)16-7-5-4-6-8-16/h4-8,11,17H,3,9-10,12-14H2,1-2H3,(H,23,26). The Hall–Kier alpha value is -2.46. The molecule has 1 N–H and O–H groups in total. The van der Waals surface area contributed by atoms with Crippen LogP contribution in [0.2, 0.25) is 0 Å². The summed E-state index contributed by atoms with van der Waals surface area (Å²) in [6.07, 6.45) is 0.415. The van der Waals surface area contributed by atoms with Gasteiger partial charge in [-0.3, -0.25) is 9.59 Å². The Balaban J connectivity index is 1.56. The SMILES string of the molecule is CCN(CC(=O)NC1CCS(=O)(=O)C1)C(=O)CSc1nc(C)cc(-c2ccccc2)n1. The quantitative estimate of drug-likeness (QED) is 0.470. The average Bonchev–Trinajstić information content (AvgIpc) is 3.08. The Bertz CT molecular complexity index is 1040. The smallest absolute Gasteiger partial charge is 0.239 e. The summed E-state index contributed by atoms with van der Waals surface area (Å²) in [7, 11) is -3.07. The zero-order valence-electron chi connectivity index (χ0n) is 17.6. The normalized spacial score (nSPS) is 17.3. The molecule has 1 unspecified atom stereocenters. The highest BCUT2D eigenvalue weighted by atomic mass is 32.2. The Morgan fingerprint density at radius 3 is 2.61 bits per heavy atom. The molecule has 1 aromatic heterocycles. The first-order valence-corrected chi connectivity index (χ1v) is 12.9. The van der Waals surface area contributed by atoms with E-state index in [1.807, 2.05) is 43.3 Å². The van der Waals surface area contributed by atoms with Crippen molar-refractivity contribution >= 4 is 33.4 Å². The molecule has 2 heterocycles. The second kappa shape index (κ2) is 10.2. The number of amides is 2. The number of hydrogen-bond donors (Lipinski definition) is 1. The third-order valence-electron chi connectivity index (χ3n) is 4.89. The molecule has 1 aliphatic rings. The molecular weight excluding hydrogens is 436 g/mol. The third-order valence-corrected chi connectivity index (χ3v) is 7.49. The number of likely N-dealkylation sites (N-methyl/N-ethyl adjacent to an activating group) is 1. The molecule has 2 aromatic rings. The fraction of sp³-hybridized carbons (Fsp3) is 0.429. The van der Waals surface area contributed by atoms with Crippen molar-refractivity contribution in [3.8, 4) is 11.3 Å². The molecule has 10 heteroatoms. The van der Waals surface area contributed by atoms with Gasteiger partial charge in [0.2, 0.25) is 11.8 Å². The lowest BCUT2D eigenvalue weighted by atomic mass is 10.1. The van der Waals surface area contributed by atoms with Crippen molar-refractivity contribution in [1.82, 2.24) is 20.2 Å². The van der Waals surface area contributed by atoms with Crippen LogP contribution < -0.4 is 5.32 Å². The summed E-state index contributed by atoms with van der Waals surface area (Å²) in [6.45, 7) is 3.95. The molecule has 0 spiro atoms. The molecule has 0 saturated carbocycles. The van der Waals surface area contributed by atoms with Gasteiger partial charge in [-0.2, -0.15) is 0 Å². The lowest BCUT2D eigenvalue weighted by molar-refractivity contribution is -0.134. The second-order valence-corrected chi connectivity index (χ2v) is 10.6. The lowest BCUT2D eigenvalue weighted by Gasteiger charge is -2.21. The van der Waals surface area contributed by atoms with E-state index in [0.717, 1.165) is 17.0 Å². The molecule has 166 valence electrons. The van der Waals surface area contributed by atoms with Crippen LogP contribution in [-0.4, -0.2) is 71.5 Å². The van der Waals surface area contributed by atoms with Crippen LogP contribution >= 0.6 is 11.8 Å². The van der Waals surface area contributed by atoms with E-state index in [9.17, 15) is 18.0 Å². The summed E-state index contributed by atoms with van der Waals surface area (Å²) in [5, 5.41) is 3.22. The minimum Gasteiger partial charge on any atom is -0.351 e. The van der Waals surface area contributed by atoms with Crippen molar-refractivity contribution in [2.75, 3.05) is 30.3 Å². The Morgan fingerprint density at radius 2 is 1.97 bits per heavy atom. The first kappa shape index (κ1) is 23.2. The average molecular weight is 463 g/mol. The van der Waals surface area contributed by atoms with E-state index in [2.05, 4.69) is 15.3 Å². The molecule has 31 heavy (non-hydrogen) atoms. The predicted molar refractivity (Wildman–Crippen MR) is 120 cm³/mol. The summed E-state index contributed by atoms with van der Waals surface area (Å²) in [5.74, 6) is -0.389. The molecule has 2 amide bonds. The maximum absolute atomic E-state index is 12.6. The van der Waals surface area contributed by atoms with Gasteiger partial charge in [0.25, 0.3) is 0 Å². The van der Waals surface area contributed by atoms with Gasteiger partial charge < -0.3 is 10.2 Å². The molecule has 8 nitrogen and oxygen atoms in total. The van der Waals surface area contributed by atoms with Crippen molar-refractivity contribution < 1.29 is 18.0 Å². The minimum absolute atomic E-state index is 0.0386. The van der Waals surface area contributed by atoms with Crippen molar-refractivity contribution in [2.45, 2.75) is 31.5 Å². The van der Waals surface area contributed by atoms with Gasteiger partial charge in [0.05, 0.1) is 29.5 Å². The van der Waals surface area contributed by atoms with Crippen molar-refractivity contribution in [1.29, 1.82) is 0 Å². The highest BCUT2D eigenvalue weighted by Gasteiger charge is 2.29. The van der Waals surface area contributed by atoms with Gasteiger partial charge in [0.15, 0.2) is 15.0 Å². The van der Waals surface area contributed by atoms with Gasteiger partial charge in [-0.15, -0.1) is 0 Å². The highest BCUT2D eigenvalue weighted by Crippen LogP contribution is 2.22. The number of benzene rings is 1. The summed E-state index contributed by atoms with van der Waals surface area (Å²) in [4.78, 5) is 35.3. The van der Waals surface area contributed by atoms with E-state index < -0.39 is 9.84 Å². The number of nitrogens with zero attached hydrogens (tertiary/aromatic N) is 3. The summed E-state index contributed by atoms with van der Waals surface area (Å²) in [5.41, 5.74) is 2.57. The summed E-state index contributed by atoms with van der Waals surface area (Å²) in [6, 6.07) is 11.3. The number of aromatic nitrogens is 2. The van der Waals surface area contributed by atoms with Gasteiger partial charge in [-0.05, 0) is 26.3 Å². The van der Waals surface area contributed by atoms with Crippen LogP contribution in [0.25, 0.3) is 11.3 Å². The molecule has 1 fully saturated rings. The number of rotatable bonds is 8. The van der Waals surface area contributed by atoms with Crippen LogP contribution in [0.15, 0.2) is 41.6 Å². The number of nitrogens with one attached hydrogen (secondary N) is 1. The Kier molecular flexibility index (Phi) is 7.66. The molecule has 1 saturated heterocycles. The summed E-state index contributed by atoms with van der Waals surface area (Å²) < 4.78 is 23.1. The molecule has 1 atom stereocenters. The molecule has 1 aliphatic heterocycles. The van der Waals surface area contributed by atoms with E-state index in [0.29, 0.717) is 18.1 Å². The molecule has 1 aromatic carbocycles. The molecule has 0 radical (unpaired) electrons. The first-order valence-electron chi connectivity index (χ1n) is 10.1. The number of carbonyl (C=O) groups excluding carboxylic acids is 2. The Labute approximate surface area is 186 Å². The van der Waals surface area contributed by atoms with Gasteiger partial charge in [-0.25, -0.2) is 18.4 Å². The van der Waals surface area contributed by atoms with Gasteiger partial charge in [0, 0.05) is 23.8 Å². The fourth-order valence-corrected chi connectivity index (χ4v) is 5.79. The van der Waals surface area contributed by atoms with E-state index in [4.69, 9.17) is 0 Å². The van der Waals surface area contributed by atoms with Crippen molar-refractivity contribution in [2.24, 2.45) is 0 Å². The predicted octanol–water partition coefficient (Wildman–Crippen LogP) is 1.70. The molecular formula is C21H26N4O4S2. The number of thioether (sulfide) groups is 1. The number of hydrogen-bond acceptors (Lipinski definition) is 7. The van der Waals surface area contributed by atoms with Gasteiger partial charge >= 0.3 is 0 Å². The second-order valence-electron chi connectivity index (χ2n) is 7.41. The van der Waals surface area contributed by atoms with E-state index >= 15 is 0 Å². The maximum Gasteiger partial charge on any atom is 0.239 e. The summed E-state index contributed by atoms with van der Waals surface area (Å²) >= 11 is 1.23. The molecule has 0 bridgehead atoms. The van der Waals surface area contributed by atoms with Crippen LogP contribution in [0, 0.1) is 6.92 Å². The van der Waals surface area contributed by atoms with E-state index in [-0.39, 0.29) is 41.7 Å². The van der Waals surface area contributed by atoms with Crippen LogP contribution in [0.4, 0.5) is 0 Å². The fourth-order valence-electron chi connectivity index (χ4n) is 3.31. The van der Waals surface area contributed by atoms with Crippen LogP contribution in [0.1, 0.15) is 19.0 Å². The zero-order chi connectivity index (χ0) is 22.4. The lowest BCUT2D eigenvalue weighted by Crippen LogP contribution is -2.45. The number of aryl methyl sites for hydroxylation is 1. The first-order chi connectivity index (χ1) is 14.8. The van der Waals surface area contributed by atoms with Crippen molar-refractivity contribution in [3.05, 3.63) is 42.1 Å². The topological polar surface area (TPSA) is 109 Å². The number of sulfone groups is 1. The minimum atomic E-state index is -3.07. The Morgan fingerprint density at radius 1 is 1.23 bits per heavy atom. The highest BCUT2D eigenvalue weighted by molar-refractivity contribution is 7.99. The molecule has 0 aliphatic carbocycles. The maximum atomic E-state index is 12.6.